The number of nitrogens with zero attached hydrogens (tertiary/aromatic N) is 2. The van der Waals surface area contributed by atoms with E-state index in [0.29, 0.717) is 57.6 Å². The fraction of sp³-hybridized carbons (Fsp3) is 0.222. The molecular weight excluding hydrogens is 474 g/mol. The summed E-state index contributed by atoms with van der Waals surface area (Å²) in [5.74, 6) is 1.60. The molecule has 10 nitrogen and oxygen atoms in total. The van der Waals surface area contributed by atoms with E-state index >= 15 is 0 Å². The number of amides is 1. The molecule has 4 aromatic rings. The van der Waals surface area contributed by atoms with Gasteiger partial charge in [-0.2, -0.15) is 15.4 Å². The number of carbonyl (C=O) groups is 1. The van der Waals surface area contributed by atoms with Crippen molar-refractivity contribution in [2.24, 2.45) is 5.73 Å². The van der Waals surface area contributed by atoms with Crippen LogP contribution in [0.1, 0.15) is 5.56 Å². The molecule has 1 aromatic heterocycles. The van der Waals surface area contributed by atoms with E-state index in [1.807, 2.05) is 36.4 Å². The van der Waals surface area contributed by atoms with Crippen molar-refractivity contribution in [3.8, 4) is 45.5 Å². The fourth-order valence-corrected chi connectivity index (χ4v) is 3.99. The zero-order valence-electron chi connectivity index (χ0n) is 21.1. The first-order chi connectivity index (χ1) is 18.0. The number of hydrogen-bond acceptors (Lipinski definition) is 8. The van der Waals surface area contributed by atoms with Crippen LogP contribution in [0.25, 0.3) is 22.5 Å². The van der Waals surface area contributed by atoms with Gasteiger partial charge in [0.2, 0.25) is 11.7 Å². The number of hydrogen-bond donors (Lipinski definition) is 3. The highest BCUT2D eigenvalue weighted by Gasteiger charge is 2.21. The lowest BCUT2D eigenvalue weighted by atomic mass is 10.0. The summed E-state index contributed by atoms with van der Waals surface area (Å²) in [6.07, 6.45) is 0.406. The lowest BCUT2D eigenvalue weighted by Crippen LogP contribution is -2.37. The lowest BCUT2D eigenvalue weighted by Gasteiger charge is -2.16. The summed E-state index contributed by atoms with van der Waals surface area (Å²) >= 11 is 0. The molecule has 0 aliphatic heterocycles. The van der Waals surface area contributed by atoms with E-state index in [1.165, 1.54) is 7.11 Å². The van der Waals surface area contributed by atoms with Gasteiger partial charge < -0.3 is 30.0 Å². The van der Waals surface area contributed by atoms with E-state index in [2.05, 4.69) is 20.7 Å². The molecule has 1 atom stereocenters. The maximum atomic E-state index is 12.9. The summed E-state index contributed by atoms with van der Waals surface area (Å²) in [6.45, 7) is 0. The number of anilines is 1. The number of aromatic amines is 1. The van der Waals surface area contributed by atoms with Crippen LogP contribution in [0.15, 0.2) is 60.7 Å². The van der Waals surface area contributed by atoms with E-state index in [-0.39, 0.29) is 5.91 Å². The number of aromatic nitrogens is 3. The number of nitrogens with one attached hydrogen (secondary N) is 2. The largest absolute Gasteiger partial charge is 0.495 e. The van der Waals surface area contributed by atoms with Crippen LogP contribution in [-0.2, 0) is 11.2 Å². The molecule has 37 heavy (non-hydrogen) atoms. The highest BCUT2D eigenvalue weighted by atomic mass is 16.5. The predicted molar refractivity (Wildman–Crippen MR) is 140 cm³/mol. The van der Waals surface area contributed by atoms with Crippen molar-refractivity contribution in [2.75, 3.05) is 33.8 Å². The van der Waals surface area contributed by atoms with Gasteiger partial charge in [0, 0.05) is 11.1 Å². The standard InChI is InChI=1S/C27H29N5O5/c1-34-21-11-10-17(13-20(21)29-27(33)19(28)12-16-8-6-5-7-9-16)24-25(31-32-30-24)18-14-22(35-2)26(37-4)23(15-18)36-3/h5-11,13-15,19H,12,28H2,1-4H3,(H,29,33)(H,30,31,32). The summed E-state index contributed by atoms with van der Waals surface area (Å²) in [7, 11) is 6.17. The zero-order chi connectivity index (χ0) is 26.4. The van der Waals surface area contributed by atoms with Gasteiger partial charge in [0.1, 0.15) is 17.1 Å². The Hall–Kier alpha value is -4.57. The molecule has 4 N–H and O–H groups in total. The zero-order valence-corrected chi connectivity index (χ0v) is 21.1. The Balaban J connectivity index is 1.66. The highest BCUT2D eigenvalue weighted by molar-refractivity contribution is 5.97. The molecule has 10 heteroatoms. The van der Waals surface area contributed by atoms with Crippen molar-refractivity contribution in [1.82, 2.24) is 15.4 Å². The van der Waals surface area contributed by atoms with E-state index in [0.717, 1.165) is 5.56 Å². The van der Waals surface area contributed by atoms with E-state index in [1.54, 1.807) is 45.6 Å². The third kappa shape index (κ3) is 5.49. The Morgan fingerprint density at radius 1 is 0.838 bits per heavy atom. The van der Waals surface area contributed by atoms with Crippen molar-refractivity contribution < 1.29 is 23.7 Å². The first kappa shape index (κ1) is 25.5. The maximum Gasteiger partial charge on any atom is 0.241 e. The number of ether oxygens (including phenoxy) is 4. The first-order valence-corrected chi connectivity index (χ1v) is 11.5. The summed E-state index contributed by atoms with van der Waals surface area (Å²) in [6, 6.07) is 17.8. The van der Waals surface area contributed by atoms with Crippen molar-refractivity contribution >= 4 is 11.6 Å². The van der Waals surface area contributed by atoms with Gasteiger partial charge in [0.15, 0.2) is 11.5 Å². The van der Waals surface area contributed by atoms with Crippen LogP contribution >= 0.6 is 0 Å². The minimum Gasteiger partial charge on any atom is -0.495 e. The number of rotatable bonds is 10. The normalized spacial score (nSPS) is 11.5. The second-order valence-corrected chi connectivity index (χ2v) is 8.14. The maximum absolute atomic E-state index is 12.9. The highest BCUT2D eigenvalue weighted by Crippen LogP contribution is 2.42. The molecule has 0 radical (unpaired) electrons. The fourth-order valence-electron chi connectivity index (χ4n) is 3.99. The molecule has 0 aliphatic carbocycles. The first-order valence-electron chi connectivity index (χ1n) is 11.5. The third-order valence-corrected chi connectivity index (χ3v) is 5.85. The Morgan fingerprint density at radius 3 is 2.05 bits per heavy atom. The van der Waals surface area contributed by atoms with Gasteiger partial charge in [-0.1, -0.05) is 30.3 Å². The number of H-pyrrole nitrogens is 1. The van der Waals surface area contributed by atoms with Crippen LogP contribution in [0, 0.1) is 0 Å². The molecule has 0 saturated carbocycles. The Kier molecular flexibility index (Phi) is 7.89. The molecule has 0 saturated heterocycles. The monoisotopic (exact) mass is 503 g/mol. The Bertz CT molecular complexity index is 1350. The van der Waals surface area contributed by atoms with Gasteiger partial charge in [-0.15, -0.1) is 0 Å². The summed E-state index contributed by atoms with van der Waals surface area (Å²) in [4.78, 5) is 12.9. The second kappa shape index (κ2) is 11.4. The minimum atomic E-state index is -0.738. The van der Waals surface area contributed by atoms with Crippen LogP contribution < -0.4 is 30.0 Å². The summed E-state index contributed by atoms with van der Waals surface area (Å²) in [5.41, 5.74) is 10.1. The second-order valence-electron chi connectivity index (χ2n) is 8.14. The van der Waals surface area contributed by atoms with Crippen LogP contribution in [0.5, 0.6) is 23.0 Å². The topological polar surface area (TPSA) is 134 Å². The molecule has 0 aliphatic rings. The average Bonchev–Trinajstić information content (AvgIpc) is 3.42. The molecule has 4 rings (SSSR count). The quantitative estimate of drug-likeness (QED) is 0.298. The predicted octanol–water partition coefficient (Wildman–Crippen LogP) is 3.68. The number of methoxy groups -OCH3 is 4. The Morgan fingerprint density at radius 2 is 1.46 bits per heavy atom. The summed E-state index contributed by atoms with van der Waals surface area (Å²) in [5, 5.41) is 14.3. The van der Waals surface area contributed by atoms with Crippen LogP contribution in [0.3, 0.4) is 0 Å². The smallest absolute Gasteiger partial charge is 0.241 e. The molecule has 1 heterocycles. The van der Waals surface area contributed by atoms with Gasteiger partial charge in [-0.3, -0.25) is 4.79 Å². The van der Waals surface area contributed by atoms with Crippen molar-refractivity contribution in [3.63, 3.8) is 0 Å². The van der Waals surface area contributed by atoms with Crippen LogP contribution in [-0.4, -0.2) is 55.8 Å². The van der Waals surface area contributed by atoms with Crippen LogP contribution in [0.4, 0.5) is 5.69 Å². The van der Waals surface area contributed by atoms with Gasteiger partial charge in [-0.05, 0) is 42.3 Å². The van der Waals surface area contributed by atoms with Crippen molar-refractivity contribution in [1.29, 1.82) is 0 Å². The van der Waals surface area contributed by atoms with Gasteiger partial charge >= 0.3 is 0 Å². The SMILES string of the molecule is COc1ccc(-c2n[nH]nc2-c2cc(OC)c(OC)c(OC)c2)cc1NC(=O)C(N)Cc1ccccc1. The third-order valence-electron chi connectivity index (χ3n) is 5.85. The summed E-state index contributed by atoms with van der Waals surface area (Å²) < 4.78 is 21.9. The van der Waals surface area contributed by atoms with Crippen LogP contribution in [0.2, 0.25) is 0 Å². The molecule has 0 bridgehead atoms. The number of carbonyl (C=O) groups excluding carboxylic acids is 1. The molecule has 192 valence electrons. The van der Waals surface area contributed by atoms with E-state index in [9.17, 15) is 4.79 Å². The molecular formula is C27H29N5O5. The average molecular weight is 504 g/mol. The van der Waals surface area contributed by atoms with Crippen molar-refractivity contribution in [3.05, 3.63) is 66.2 Å². The molecule has 3 aromatic carbocycles. The molecule has 1 amide bonds. The number of nitrogens with two attached hydrogens (primary N) is 1. The van der Waals surface area contributed by atoms with Gasteiger partial charge in [-0.25, -0.2) is 0 Å². The van der Waals surface area contributed by atoms with Crippen molar-refractivity contribution in [2.45, 2.75) is 12.5 Å². The molecule has 0 fully saturated rings. The lowest BCUT2D eigenvalue weighted by molar-refractivity contribution is -0.117. The van der Waals surface area contributed by atoms with E-state index < -0.39 is 6.04 Å². The van der Waals surface area contributed by atoms with E-state index in [4.69, 9.17) is 24.7 Å². The molecule has 0 spiro atoms. The van der Waals surface area contributed by atoms with Gasteiger partial charge in [0.25, 0.3) is 0 Å². The Labute approximate surface area is 214 Å². The minimum absolute atomic E-state index is 0.329. The number of benzene rings is 3. The van der Waals surface area contributed by atoms with Gasteiger partial charge in [0.05, 0.1) is 40.2 Å². The molecule has 1 unspecified atom stereocenters.